The highest BCUT2D eigenvalue weighted by atomic mass is 127. The quantitative estimate of drug-likeness (QED) is 0.0611. The van der Waals surface area contributed by atoms with Crippen LogP contribution in [-0.4, -0.2) is 63.0 Å². The van der Waals surface area contributed by atoms with Crippen molar-refractivity contribution in [1.82, 2.24) is 10.6 Å². The molecule has 6 N–H and O–H groups in total. The number of primary amides is 1. The van der Waals surface area contributed by atoms with Gasteiger partial charge in [-0.1, -0.05) is 29.2 Å². The molecule has 0 saturated heterocycles. The molecule has 27 heavy (non-hydrogen) atoms. The second kappa shape index (κ2) is 22.7. The monoisotopic (exact) mass is 570 g/mol. The molecule has 0 radical (unpaired) electrons. The van der Waals surface area contributed by atoms with E-state index in [2.05, 4.69) is 60.8 Å². The van der Waals surface area contributed by atoms with E-state index in [0.717, 1.165) is 0 Å². The number of carbonyl (C=O) groups is 3. The van der Waals surface area contributed by atoms with Crippen molar-refractivity contribution in [1.29, 1.82) is 0 Å². The van der Waals surface area contributed by atoms with Gasteiger partial charge in [-0.3, -0.25) is 25.0 Å². The highest BCUT2D eigenvalue weighted by molar-refractivity contribution is 14.1. The Morgan fingerprint density at radius 2 is 1.44 bits per heavy atom. The molecule has 0 spiro atoms. The molecule has 7 nitrogen and oxygen atoms in total. The van der Waals surface area contributed by atoms with Gasteiger partial charge in [0.1, 0.15) is 11.6 Å². The third-order valence-corrected chi connectivity index (χ3v) is 5.15. The summed E-state index contributed by atoms with van der Waals surface area (Å²) in [4.78, 5) is 31.1. The van der Waals surface area contributed by atoms with Crippen LogP contribution in [0.3, 0.4) is 0 Å². The van der Waals surface area contributed by atoms with Crippen LogP contribution in [0.4, 0.5) is 0 Å². The Balaban J connectivity index is -0.000000356. The summed E-state index contributed by atoms with van der Waals surface area (Å²) in [5.74, 6) is 2.96. The van der Waals surface area contributed by atoms with Crippen LogP contribution >= 0.6 is 72.2 Å². The number of carbonyl (C=O) groups excluding carboxylic acids is 3. The highest BCUT2D eigenvalue weighted by Gasteiger charge is 2.10. The number of thioether (sulfide) groups is 1. The second-order valence-corrected chi connectivity index (χ2v) is 7.80. The van der Waals surface area contributed by atoms with Crippen LogP contribution in [0.1, 0.15) is 13.8 Å². The first kappa shape index (κ1) is 32.1. The predicted molar refractivity (Wildman–Crippen MR) is 136 cm³/mol. The number of Topliss-reactive ketones (excluding diaryl/α,β-unsaturated/α-hetero) is 2. The first-order valence-corrected chi connectivity index (χ1v) is 12.3. The number of rotatable bonds is 12. The normalized spacial score (nSPS) is 11.8. The van der Waals surface area contributed by atoms with E-state index in [9.17, 15) is 14.4 Å². The van der Waals surface area contributed by atoms with E-state index in [1.807, 2.05) is 22.6 Å². The molecule has 0 aliphatic rings. The minimum atomic E-state index is -0.259. The molecule has 0 aliphatic heterocycles. The van der Waals surface area contributed by atoms with Crippen LogP contribution in [0.25, 0.3) is 0 Å². The van der Waals surface area contributed by atoms with Gasteiger partial charge in [0, 0.05) is 34.7 Å². The van der Waals surface area contributed by atoms with Crippen LogP contribution in [-0.2, 0) is 14.4 Å². The Hall–Kier alpha value is 0.400. The minimum absolute atomic E-state index is 0.110. The summed E-state index contributed by atoms with van der Waals surface area (Å²) in [5.41, 5.74) is 10.7. The van der Waals surface area contributed by atoms with Crippen molar-refractivity contribution in [2.45, 2.75) is 25.9 Å². The molecule has 0 rings (SSSR count). The molecule has 2 atom stereocenters. The van der Waals surface area contributed by atoms with Crippen LogP contribution in [0.2, 0.25) is 0 Å². The molecule has 160 valence electrons. The topological polar surface area (TPSA) is 127 Å². The Morgan fingerprint density at radius 1 is 1.04 bits per heavy atom. The summed E-state index contributed by atoms with van der Waals surface area (Å²) >= 11 is 15.4. The van der Waals surface area contributed by atoms with Gasteiger partial charge in [-0.15, -0.1) is 11.8 Å². The van der Waals surface area contributed by atoms with Gasteiger partial charge in [0.15, 0.2) is 0 Å². The molecule has 0 aromatic rings. The summed E-state index contributed by atoms with van der Waals surface area (Å²) in [6.07, 6.45) is 0. The van der Waals surface area contributed by atoms with Crippen LogP contribution in [0.15, 0.2) is 12.3 Å². The number of amides is 1. The molecule has 0 heterocycles. The van der Waals surface area contributed by atoms with Crippen molar-refractivity contribution >= 4 is 89.7 Å². The maximum atomic E-state index is 10.9. The highest BCUT2D eigenvalue weighted by Crippen LogP contribution is 2.01. The van der Waals surface area contributed by atoms with Crippen LogP contribution in [0, 0.1) is 0 Å². The fourth-order valence-electron chi connectivity index (χ4n) is 1.13. The lowest BCUT2D eigenvalue weighted by atomic mass is 10.2. The number of halogens is 1. The third-order valence-electron chi connectivity index (χ3n) is 2.54. The first-order valence-electron chi connectivity index (χ1n) is 7.72. The Labute approximate surface area is 196 Å². The summed E-state index contributed by atoms with van der Waals surface area (Å²) in [7, 11) is 0. The number of hydrogen-bond acceptors (Lipinski definition) is 10. The number of nitrogens with two attached hydrogens (primary N) is 2. The molecule has 12 heteroatoms. The largest absolute Gasteiger partial charge is 0.402 e. The zero-order valence-electron chi connectivity index (χ0n) is 15.6. The Bertz CT molecular complexity index is 445. The maximum absolute atomic E-state index is 10.9. The Morgan fingerprint density at radius 3 is 1.67 bits per heavy atom. The molecule has 0 aromatic heterocycles. The third kappa shape index (κ3) is 26.4. The lowest BCUT2D eigenvalue weighted by Gasteiger charge is -2.12. The predicted octanol–water partition coefficient (Wildman–Crippen LogP) is 0.884. The van der Waals surface area contributed by atoms with E-state index in [1.54, 1.807) is 18.7 Å². The maximum Gasteiger partial charge on any atom is 0.227 e. The second-order valence-electron chi connectivity index (χ2n) is 5.01. The zero-order valence-corrected chi connectivity index (χ0v) is 21.3. The molecular weight excluding hydrogens is 539 g/mol. The van der Waals surface area contributed by atoms with E-state index in [0.29, 0.717) is 39.1 Å². The molecule has 0 bridgehead atoms. The fourth-order valence-corrected chi connectivity index (χ4v) is 2.80. The van der Waals surface area contributed by atoms with E-state index in [1.165, 1.54) is 6.92 Å². The van der Waals surface area contributed by atoms with Gasteiger partial charge >= 0.3 is 0 Å². The van der Waals surface area contributed by atoms with E-state index >= 15 is 0 Å². The van der Waals surface area contributed by atoms with Crippen LogP contribution < -0.4 is 22.1 Å². The lowest BCUT2D eigenvalue weighted by molar-refractivity contribution is -0.119. The standard InChI is InChI=1S/C8H16N2OS2.C5H11NOS2.C2H4INO/c1-6(9)4-13-5-10-8(3-12)7(2)11;1-4(7)5(2-8)6-3-9;3-1-2(4)5/h8,10,12H,1,3-5,9H2,2H3;5-6,8-9H,2-3H2,1H3;1H2,(H2,4,5)/t8-;5-;/m00./s1. The van der Waals surface area contributed by atoms with Gasteiger partial charge in [0.05, 0.1) is 16.5 Å². The van der Waals surface area contributed by atoms with Gasteiger partial charge in [0.2, 0.25) is 5.91 Å². The molecule has 0 aliphatic carbocycles. The number of ketones is 2. The van der Waals surface area contributed by atoms with Crippen molar-refractivity contribution in [2.24, 2.45) is 11.5 Å². The first-order chi connectivity index (χ1) is 12.6. The molecule has 0 saturated carbocycles. The number of nitrogens with one attached hydrogen (secondary N) is 2. The van der Waals surface area contributed by atoms with Crippen molar-refractivity contribution in [2.75, 3.05) is 33.4 Å². The fraction of sp³-hybridized carbons (Fsp3) is 0.667. The number of alkyl halides is 1. The van der Waals surface area contributed by atoms with Crippen molar-refractivity contribution in [3.05, 3.63) is 12.3 Å². The molecule has 0 fully saturated rings. The molecule has 1 amide bonds. The van der Waals surface area contributed by atoms with Crippen molar-refractivity contribution in [3.63, 3.8) is 0 Å². The van der Waals surface area contributed by atoms with Gasteiger partial charge in [-0.05, 0) is 13.8 Å². The Kier molecular flexibility index (Phi) is 27.0. The average Bonchev–Trinajstić information content (AvgIpc) is 2.59. The number of thiol groups is 3. The smallest absolute Gasteiger partial charge is 0.227 e. The summed E-state index contributed by atoms with van der Waals surface area (Å²) in [6, 6.07) is -0.285. The van der Waals surface area contributed by atoms with Crippen molar-refractivity contribution < 1.29 is 14.4 Å². The van der Waals surface area contributed by atoms with E-state index in [-0.39, 0.29) is 29.6 Å². The number of hydrogen-bond donors (Lipinski definition) is 7. The minimum Gasteiger partial charge on any atom is -0.402 e. The van der Waals surface area contributed by atoms with Gasteiger partial charge < -0.3 is 11.5 Å². The van der Waals surface area contributed by atoms with Crippen molar-refractivity contribution in [3.8, 4) is 0 Å². The summed E-state index contributed by atoms with van der Waals surface area (Å²) < 4.78 is 0.414. The molecule has 0 unspecified atom stereocenters. The average molecular weight is 571 g/mol. The van der Waals surface area contributed by atoms with Gasteiger partial charge in [-0.2, -0.15) is 37.9 Å². The summed E-state index contributed by atoms with van der Waals surface area (Å²) in [5, 5.41) is 5.93. The molecular formula is C15H31IN4O3S4. The van der Waals surface area contributed by atoms with Gasteiger partial charge in [0.25, 0.3) is 0 Å². The SMILES string of the molecule is C=C(N)CSCN[C@@H](CS)C(C)=O.CC(=O)[C@H](CS)NCS.NC(=O)CI. The van der Waals surface area contributed by atoms with E-state index < -0.39 is 0 Å². The summed E-state index contributed by atoms with van der Waals surface area (Å²) in [6.45, 7) is 6.67. The zero-order chi connectivity index (χ0) is 21.8. The lowest BCUT2D eigenvalue weighted by Crippen LogP contribution is -2.36. The van der Waals surface area contributed by atoms with Crippen LogP contribution in [0.5, 0.6) is 0 Å². The molecule has 0 aromatic carbocycles. The van der Waals surface area contributed by atoms with E-state index in [4.69, 9.17) is 5.73 Å². The van der Waals surface area contributed by atoms with Gasteiger partial charge in [-0.25, -0.2) is 0 Å².